The van der Waals surface area contributed by atoms with E-state index in [1.807, 2.05) is 0 Å². The largest absolute Gasteiger partial charge is 0.376 e. The molecule has 1 aliphatic heterocycles. The Morgan fingerprint density at radius 1 is 1.52 bits per heavy atom. The van der Waals surface area contributed by atoms with Crippen LogP contribution in [0.25, 0.3) is 0 Å². The monoisotopic (exact) mass is 334 g/mol. The Hall–Kier alpha value is -2.06. The van der Waals surface area contributed by atoms with Crippen molar-refractivity contribution in [1.29, 1.82) is 0 Å². The number of aryl methyl sites for hydroxylation is 1. The second-order valence-electron chi connectivity index (χ2n) is 5.45. The van der Waals surface area contributed by atoms with Gasteiger partial charge in [-0.1, -0.05) is 11.3 Å². The summed E-state index contributed by atoms with van der Waals surface area (Å²) < 4.78 is 7.01. The van der Waals surface area contributed by atoms with E-state index in [1.54, 1.807) is 24.2 Å². The fourth-order valence-electron chi connectivity index (χ4n) is 2.53. The molecule has 1 fully saturated rings. The zero-order chi connectivity index (χ0) is 16.4. The predicted molar refractivity (Wildman–Crippen MR) is 85.8 cm³/mol. The molecule has 0 aromatic carbocycles. The molecule has 0 N–H and O–H groups in total. The summed E-state index contributed by atoms with van der Waals surface area (Å²) in [6.07, 6.45) is 6.59. The third-order valence-corrected chi connectivity index (χ3v) is 4.91. The number of imidazole rings is 1. The molecule has 2 aromatic heterocycles. The average Bonchev–Trinajstić information content (AvgIpc) is 3.25. The van der Waals surface area contributed by atoms with Crippen LogP contribution >= 0.6 is 11.3 Å². The van der Waals surface area contributed by atoms with Gasteiger partial charge in [0.2, 0.25) is 5.91 Å². The number of rotatable bonds is 4. The standard InChI is InChI=1S/C15H18N4O3S/c1-10-13(14(21)18-6-5-16-9-18)23-15(17-10)19(11(2)20)8-12-4-3-7-22-12/h5-6,9,12H,3-4,7-8H2,1-2H3/t12-/m0/s1. The first-order valence-corrected chi connectivity index (χ1v) is 8.27. The quantitative estimate of drug-likeness (QED) is 0.853. The minimum atomic E-state index is -0.190. The van der Waals surface area contributed by atoms with Gasteiger partial charge in [-0.15, -0.1) is 0 Å². The molecule has 0 bridgehead atoms. The number of nitrogens with zero attached hydrogens (tertiary/aromatic N) is 4. The molecule has 7 nitrogen and oxygen atoms in total. The molecule has 0 saturated carbocycles. The van der Waals surface area contributed by atoms with E-state index in [0.717, 1.165) is 19.4 Å². The molecule has 1 aliphatic rings. The molecule has 1 saturated heterocycles. The maximum Gasteiger partial charge on any atom is 0.275 e. The number of amides is 1. The Kier molecular flexibility index (Phi) is 4.53. The van der Waals surface area contributed by atoms with Gasteiger partial charge in [0.05, 0.1) is 18.3 Å². The summed E-state index contributed by atoms with van der Waals surface area (Å²) in [4.78, 5) is 34.8. The molecule has 122 valence electrons. The molecule has 23 heavy (non-hydrogen) atoms. The van der Waals surface area contributed by atoms with E-state index in [1.165, 1.54) is 29.2 Å². The number of ether oxygens (including phenoxy) is 1. The Labute approximate surface area is 137 Å². The van der Waals surface area contributed by atoms with Crippen LogP contribution in [0.3, 0.4) is 0 Å². The fourth-order valence-corrected chi connectivity index (χ4v) is 3.59. The second-order valence-corrected chi connectivity index (χ2v) is 6.43. The summed E-state index contributed by atoms with van der Waals surface area (Å²) in [5.41, 5.74) is 0.613. The highest BCUT2D eigenvalue weighted by Crippen LogP contribution is 2.28. The van der Waals surface area contributed by atoms with Gasteiger partial charge in [-0.25, -0.2) is 9.97 Å². The predicted octanol–water partition coefficient (Wildman–Crippen LogP) is 1.87. The van der Waals surface area contributed by atoms with Crippen LogP contribution in [0.5, 0.6) is 0 Å². The van der Waals surface area contributed by atoms with Crippen molar-refractivity contribution in [2.75, 3.05) is 18.1 Å². The van der Waals surface area contributed by atoms with Gasteiger partial charge in [-0.2, -0.15) is 0 Å². The van der Waals surface area contributed by atoms with Gasteiger partial charge in [-0.05, 0) is 19.8 Å². The van der Waals surface area contributed by atoms with E-state index in [-0.39, 0.29) is 17.9 Å². The van der Waals surface area contributed by atoms with Crippen molar-refractivity contribution in [1.82, 2.24) is 14.5 Å². The summed E-state index contributed by atoms with van der Waals surface area (Å²) in [7, 11) is 0. The topological polar surface area (TPSA) is 77.3 Å². The van der Waals surface area contributed by atoms with Crippen LogP contribution in [0.4, 0.5) is 5.13 Å². The van der Waals surface area contributed by atoms with Crippen LogP contribution in [-0.2, 0) is 9.53 Å². The molecule has 0 aliphatic carbocycles. The summed E-state index contributed by atoms with van der Waals surface area (Å²) >= 11 is 1.23. The van der Waals surface area contributed by atoms with Crippen molar-refractivity contribution in [2.45, 2.75) is 32.8 Å². The summed E-state index contributed by atoms with van der Waals surface area (Å²) in [6.45, 7) is 4.48. The van der Waals surface area contributed by atoms with Crippen molar-refractivity contribution >= 4 is 28.3 Å². The highest BCUT2D eigenvalue weighted by Gasteiger charge is 2.26. The fraction of sp³-hybridized carbons (Fsp3) is 0.467. The number of thiazole rings is 1. The Bertz CT molecular complexity index is 704. The first-order valence-electron chi connectivity index (χ1n) is 7.46. The number of anilines is 1. The lowest BCUT2D eigenvalue weighted by atomic mass is 10.2. The molecule has 1 atom stereocenters. The van der Waals surface area contributed by atoms with E-state index in [9.17, 15) is 9.59 Å². The van der Waals surface area contributed by atoms with Crippen molar-refractivity contribution < 1.29 is 14.3 Å². The van der Waals surface area contributed by atoms with Gasteiger partial charge >= 0.3 is 0 Å². The van der Waals surface area contributed by atoms with Crippen molar-refractivity contribution in [3.63, 3.8) is 0 Å². The number of aromatic nitrogens is 3. The van der Waals surface area contributed by atoms with Gasteiger partial charge in [0.15, 0.2) is 5.13 Å². The first-order chi connectivity index (χ1) is 11.1. The number of hydrogen-bond donors (Lipinski definition) is 0. The zero-order valence-corrected chi connectivity index (χ0v) is 13.9. The van der Waals surface area contributed by atoms with Crippen LogP contribution < -0.4 is 4.90 Å². The SMILES string of the molecule is CC(=O)N(C[C@@H]1CCCO1)c1nc(C)c(C(=O)n2ccnc2)s1. The lowest BCUT2D eigenvalue weighted by Crippen LogP contribution is -2.35. The van der Waals surface area contributed by atoms with Crippen LogP contribution in [0.2, 0.25) is 0 Å². The van der Waals surface area contributed by atoms with Gasteiger partial charge in [-0.3, -0.25) is 19.1 Å². The summed E-state index contributed by atoms with van der Waals surface area (Å²) in [5.74, 6) is -0.291. The van der Waals surface area contributed by atoms with Crippen LogP contribution in [-0.4, -0.2) is 45.6 Å². The average molecular weight is 334 g/mol. The van der Waals surface area contributed by atoms with Crippen LogP contribution in [0.1, 0.15) is 35.1 Å². The molecule has 2 aromatic rings. The van der Waals surface area contributed by atoms with Crippen molar-refractivity contribution in [3.05, 3.63) is 29.3 Å². The molecule has 0 radical (unpaired) electrons. The Morgan fingerprint density at radius 3 is 2.96 bits per heavy atom. The molecule has 3 heterocycles. The minimum Gasteiger partial charge on any atom is -0.376 e. The maximum absolute atomic E-state index is 12.4. The van der Waals surface area contributed by atoms with Gasteiger partial charge in [0.25, 0.3) is 5.91 Å². The molecular weight excluding hydrogens is 316 g/mol. The smallest absolute Gasteiger partial charge is 0.275 e. The molecule has 3 rings (SSSR count). The van der Waals surface area contributed by atoms with Gasteiger partial charge in [0, 0.05) is 25.9 Å². The first kappa shape index (κ1) is 15.8. The number of carbonyl (C=O) groups is 2. The lowest BCUT2D eigenvalue weighted by molar-refractivity contribution is -0.116. The maximum atomic E-state index is 12.4. The van der Waals surface area contributed by atoms with E-state index >= 15 is 0 Å². The van der Waals surface area contributed by atoms with E-state index in [2.05, 4.69) is 9.97 Å². The molecule has 1 amide bonds. The molecule has 0 unspecified atom stereocenters. The van der Waals surface area contributed by atoms with E-state index < -0.39 is 0 Å². The zero-order valence-electron chi connectivity index (χ0n) is 13.1. The highest BCUT2D eigenvalue weighted by atomic mass is 32.1. The molecule has 0 spiro atoms. The van der Waals surface area contributed by atoms with E-state index in [0.29, 0.717) is 22.2 Å². The summed E-state index contributed by atoms with van der Waals surface area (Å²) in [6, 6.07) is 0. The van der Waals surface area contributed by atoms with E-state index in [4.69, 9.17) is 4.74 Å². The van der Waals surface area contributed by atoms with Crippen LogP contribution in [0.15, 0.2) is 18.7 Å². The lowest BCUT2D eigenvalue weighted by Gasteiger charge is -2.21. The van der Waals surface area contributed by atoms with Gasteiger partial charge < -0.3 is 4.74 Å². The number of hydrogen-bond acceptors (Lipinski definition) is 6. The molecular formula is C15H18N4O3S. The second kappa shape index (κ2) is 6.59. The van der Waals surface area contributed by atoms with Crippen molar-refractivity contribution in [2.24, 2.45) is 0 Å². The summed E-state index contributed by atoms with van der Waals surface area (Å²) in [5, 5.41) is 0.536. The normalized spacial score (nSPS) is 17.4. The highest BCUT2D eigenvalue weighted by molar-refractivity contribution is 7.17. The third kappa shape index (κ3) is 3.32. The Morgan fingerprint density at radius 2 is 2.35 bits per heavy atom. The van der Waals surface area contributed by atoms with Gasteiger partial charge in [0.1, 0.15) is 11.2 Å². The minimum absolute atomic E-state index is 0.0379. The van der Waals surface area contributed by atoms with Crippen LogP contribution in [0, 0.1) is 6.92 Å². The number of carbonyl (C=O) groups excluding carboxylic acids is 2. The third-order valence-electron chi connectivity index (χ3n) is 3.74. The van der Waals surface area contributed by atoms with Crippen molar-refractivity contribution in [3.8, 4) is 0 Å². The Balaban J connectivity index is 1.85. The molecule has 8 heteroatoms.